The lowest BCUT2D eigenvalue weighted by Gasteiger charge is -2.26. The van der Waals surface area contributed by atoms with Gasteiger partial charge in [0.1, 0.15) is 0 Å². The van der Waals surface area contributed by atoms with Gasteiger partial charge in [-0.2, -0.15) is 0 Å². The smallest absolute Gasteiger partial charge is 0.234 e. The van der Waals surface area contributed by atoms with Gasteiger partial charge < -0.3 is 16.4 Å². The van der Waals surface area contributed by atoms with Crippen LogP contribution in [0.1, 0.15) is 31.7 Å². The van der Waals surface area contributed by atoms with Crippen LogP contribution in [-0.4, -0.2) is 12.5 Å². The van der Waals surface area contributed by atoms with E-state index in [1.54, 1.807) is 0 Å². The van der Waals surface area contributed by atoms with Crippen LogP contribution in [0.2, 0.25) is 0 Å². The minimum atomic E-state index is -0.218. The Bertz CT molecular complexity index is 620. The van der Waals surface area contributed by atoms with E-state index in [1.165, 1.54) is 0 Å². The molecule has 2 rings (SSSR count). The third-order valence-electron chi connectivity index (χ3n) is 3.72. The van der Waals surface area contributed by atoms with E-state index in [1.807, 2.05) is 60.4 Å². The minimum absolute atomic E-state index is 0.0800. The summed E-state index contributed by atoms with van der Waals surface area (Å²) in [6.07, 6.45) is 0.893. The van der Waals surface area contributed by atoms with Crippen molar-refractivity contribution in [2.24, 2.45) is 0 Å². The van der Waals surface area contributed by atoms with Crippen LogP contribution in [0.3, 0.4) is 0 Å². The van der Waals surface area contributed by atoms with Gasteiger partial charge in [-0.1, -0.05) is 19.1 Å². The molecule has 0 aromatic heterocycles. The van der Waals surface area contributed by atoms with E-state index in [9.17, 15) is 4.79 Å². The normalized spacial score (nSPS) is 11.9. The highest BCUT2D eigenvalue weighted by atomic mass is 16.2. The molecule has 0 fully saturated rings. The number of carbonyl (C=O) groups is 1. The Morgan fingerprint density at radius 2 is 1.50 bits per heavy atom. The maximum absolute atomic E-state index is 12.9. The summed E-state index contributed by atoms with van der Waals surface area (Å²) in [7, 11) is 0. The first-order valence-electron chi connectivity index (χ1n) is 7.55. The first-order chi connectivity index (χ1) is 10.5. The van der Waals surface area contributed by atoms with Gasteiger partial charge >= 0.3 is 0 Å². The zero-order chi connectivity index (χ0) is 16.1. The Balaban J connectivity index is 2.25. The Hall–Kier alpha value is -2.49. The summed E-state index contributed by atoms with van der Waals surface area (Å²) in [5.74, 6) is -0.138. The molecule has 0 radical (unpaired) electrons. The summed E-state index contributed by atoms with van der Waals surface area (Å²) in [6, 6.07) is 14.9. The van der Waals surface area contributed by atoms with Crippen LogP contribution >= 0.6 is 0 Å². The number of amides is 1. The molecule has 4 heteroatoms. The lowest BCUT2D eigenvalue weighted by molar-refractivity contribution is -0.119. The Labute approximate surface area is 131 Å². The van der Waals surface area contributed by atoms with Crippen molar-refractivity contribution in [2.45, 2.75) is 26.2 Å². The van der Waals surface area contributed by atoms with Gasteiger partial charge in [-0.15, -0.1) is 0 Å². The number of nitrogens with zero attached hydrogens (tertiary/aromatic N) is 1. The fourth-order valence-corrected chi connectivity index (χ4v) is 2.41. The molecule has 4 nitrogen and oxygen atoms in total. The molecular weight excluding hydrogens is 274 g/mol. The zero-order valence-corrected chi connectivity index (χ0v) is 13.1. The number of nitrogens with two attached hydrogens (primary N) is 2. The van der Waals surface area contributed by atoms with Crippen LogP contribution in [0.15, 0.2) is 48.5 Å². The molecule has 4 N–H and O–H groups in total. The van der Waals surface area contributed by atoms with E-state index >= 15 is 0 Å². The van der Waals surface area contributed by atoms with Gasteiger partial charge in [-0.05, 0) is 55.3 Å². The number of anilines is 3. The van der Waals surface area contributed by atoms with Crippen molar-refractivity contribution in [2.75, 3.05) is 22.9 Å². The van der Waals surface area contributed by atoms with Crippen molar-refractivity contribution in [3.8, 4) is 0 Å². The van der Waals surface area contributed by atoms with E-state index in [0.717, 1.165) is 17.7 Å². The molecule has 0 bridgehead atoms. The van der Waals surface area contributed by atoms with E-state index in [4.69, 9.17) is 11.5 Å². The Kier molecular flexibility index (Phi) is 5.04. The van der Waals surface area contributed by atoms with Crippen LogP contribution in [0.5, 0.6) is 0 Å². The summed E-state index contributed by atoms with van der Waals surface area (Å²) in [4.78, 5) is 14.7. The molecule has 0 saturated heterocycles. The Morgan fingerprint density at radius 1 is 1.00 bits per heavy atom. The van der Waals surface area contributed by atoms with Crippen LogP contribution in [-0.2, 0) is 4.79 Å². The summed E-state index contributed by atoms with van der Waals surface area (Å²) in [5.41, 5.74) is 14.7. The molecule has 2 aromatic rings. The largest absolute Gasteiger partial charge is 0.399 e. The standard InChI is InChI=1S/C18H23N3O/c1-3-12-21(17-10-8-16(20)9-11-17)18(22)13(2)14-4-6-15(19)7-5-14/h4-11,13H,3,12,19-20H2,1-2H3. The monoisotopic (exact) mass is 297 g/mol. The van der Waals surface area contributed by atoms with Crippen molar-refractivity contribution < 1.29 is 4.79 Å². The molecule has 2 aromatic carbocycles. The number of hydrogen-bond acceptors (Lipinski definition) is 3. The van der Waals surface area contributed by atoms with E-state index in [2.05, 4.69) is 6.92 Å². The number of nitrogen functional groups attached to an aromatic ring is 2. The predicted octanol–water partition coefficient (Wildman–Crippen LogP) is 3.40. The first kappa shape index (κ1) is 15.9. The van der Waals surface area contributed by atoms with Crippen LogP contribution in [0.25, 0.3) is 0 Å². The zero-order valence-electron chi connectivity index (χ0n) is 13.1. The van der Waals surface area contributed by atoms with E-state index in [0.29, 0.717) is 17.9 Å². The van der Waals surface area contributed by atoms with Crippen molar-refractivity contribution in [3.63, 3.8) is 0 Å². The van der Waals surface area contributed by atoms with Gasteiger partial charge in [-0.3, -0.25) is 4.79 Å². The third kappa shape index (κ3) is 3.58. The van der Waals surface area contributed by atoms with Crippen molar-refractivity contribution in [3.05, 3.63) is 54.1 Å². The van der Waals surface area contributed by atoms with Crippen molar-refractivity contribution >= 4 is 23.0 Å². The molecule has 0 spiro atoms. The van der Waals surface area contributed by atoms with Crippen LogP contribution in [0, 0.1) is 0 Å². The SMILES string of the molecule is CCCN(C(=O)C(C)c1ccc(N)cc1)c1ccc(N)cc1. The molecule has 1 amide bonds. The second kappa shape index (κ2) is 6.98. The lowest BCUT2D eigenvalue weighted by atomic mass is 9.99. The summed E-state index contributed by atoms with van der Waals surface area (Å²) < 4.78 is 0. The average Bonchev–Trinajstić information content (AvgIpc) is 2.53. The molecule has 1 unspecified atom stereocenters. The summed E-state index contributed by atoms with van der Waals surface area (Å²) in [5, 5.41) is 0. The highest BCUT2D eigenvalue weighted by Crippen LogP contribution is 2.24. The van der Waals surface area contributed by atoms with Gasteiger partial charge in [0, 0.05) is 23.6 Å². The summed E-state index contributed by atoms with van der Waals surface area (Å²) >= 11 is 0. The molecule has 22 heavy (non-hydrogen) atoms. The number of benzene rings is 2. The van der Waals surface area contributed by atoms with E-state index in [-0.39, 0.29) is 11.8 Å². The maximum atomic E-state index is 12.9. The fraction of sp³-hybridized carbons (Fsp3) is 0.278. The molecule has 116 valence electrons. The van der Waals surface area contributed by atoms with Crippen molar-refractivity contribution in [1.29, 1.82) is 0 Å². The van der Waals surface area contributed by atoms with E-state index < -0.39 is 0 Å². The molecule has 0 aliphatic carbocycles. The highest BCUT2D eigenvalue weighted by molar-refractivity contribution is 5.98. The minimum Gasteiger partial charge on any atom is -0.399 e. The third-order valence-corrected chi connectivity index (χ3v) is 3.72. The number of hydrogen-bond donors (Lipinski definition) is 2. The highest BCUT2D eigenvalue weighted by Gasteiger charge is 2.22. The second-order valence-electron chi connectivity index (χ2n) is 5.47. The lowest BCUT2D eigenvalue weighted by Crippen LogP contribution is -2.35. The number of carbonyl (C=O) groups excluding carboxylic acids is 1. The number of rotatable bonds is 5. The average molecular weight is 297 g/mol. The molecule has 1 atom stereocenters. The molecule has 0 aliphatic rings. The van der Waals surface area contributed by atoms with Crippen molar-refractivity contribution in [1.82, 2.24) is 0 Å². The van der Waals surface area contributed by atoms with Crippen LogP contribution < -0.4 is 16.4 Å². The second-order valence-corrected chi connectivity index (χ2v) is 5.47. The fourth-order valence-electron chi connectivity index (χ4n) is 2.41. The predicted molar refractivity (Wildman–Crippen MR) is 92.8 cm³/mol. The Morgan fingerprint density at radius 3 is 2.00 bits per heavy atom. The molecule has 0 aliphatic heterocycles. The van der Waals surface area contributed by atoms with Gasteiger partial charge in [-0.25, -0.2) is 0 Å². The molecule has 0 saturated carbocycles. The quantitative estimate of drug-likeness (QED) is 0.831. The maximum Gasteiger partial charge on any atom is 0.234 e. The van der Waals surface area contributed by atoms with Gasteiger partial charge in [0.2, 0.25) is 5.91 Å². The van der Waals surface area contributed by atoms with Gasteiger partial charge in [0.05, 0.1) is 5.92 Å². The first-order valence-corrected chi connectivity index (χ1v) is 7.55. The van der Waals surface area contributed by atoms with Crippen LogP contribution in [0.4, 0.5) is 17.1 Å². The topological polar surface area (TPSA) is 72.3 Å². The molecule has 0 heterocycles. The van der Waals surface area contributed by atoms with Gasteiger partial charge in [0.25, 0.3) is 0 Å². The van der Waals surface area contributed by atoms with Gasteiger partial charge in [0.15, 0.2) is 0 Å². The summed E-state index contributed by atoms with van der Waals surface area (Å²) in [6.45, 7) is 4.67. The molecular formula is C18H23N3O.